The van der Waals surface area contributed by atoms with Crippen LogP contribution in [0.3, 0.4) is 0 Å². The van der Waals surface area contributed by atoms with Crippen LogP contribution in [-0.4, -0.2) is 47.8 Å². The fourth-order valence-corrected chi connectivity index (χ4v) is 2.75. The molecule has 4 atom stereocenters. The molecule has 2 aromatic rings. The Kier molecular flexibility index (Phi) is 6.55. The molecule has 2 unspecified atom stereocenters. The zero-order chi connectivity index (χ0) is 17.5. The molecule has 25 heavy (non-hydrogen) atoms. The molecule has 3 rings (SSSR count). The van der Waals surface area contributed by atoms with Gasteiger partial charge in [0.25, 0.3) is 0 Å². The average molecular weight is 344 g/mol. The predicted octanol–water partition coefficient (Wildman–Crippen LogP) is 1.91. The minimum absolute atomic E-state index is 0.0759. The first-order valence-electron chi connectivity index (χ1n) is 8.49. The van der Waals surface area contributed by atoms with Crippen molar-refractivity contribution in [2.75, 3.05) is 13.2 Å². The van der Waals surface area contributed by atoms with Gasteiger partial charge in [0.1, 0.15) is 24.4 Å². The van der Waals surface area contributed by atoms with Crippen LogP contribution in [0.15, 0.2) is 60.7 Å². The Hall–Kier alpha value is -1.76. The van der Waals surface area contributed by atoms with E-state index < -0.39 is 12.2 Å². The highest BCUT2D eigenvalue weighted by atomic mass is 16.6. The molecule has 2 aromatic carbocycles. The number of epoxide rings is 1. The average Bonchev–Trinajstić information content (AvgIpc) is 3.43. The lowest BCUT2D eigenvalue weighted by atomic mass is 10.1. The van der Waals surface area contributed by atoms with Gasteiger partial charge in [-0.3, -0.25) is 0 Å². The molecule has 1 saturated heterocycles. The maximum atomic E-state index is 10.5. The minimum Gasteiger partial charge on any atom is -0.394 e. The molecule has 0 amide bonds. The Morgan fingerprint density at radius 1 is 0.920 bits per heavy atom. The van der Waals surface area contributed by atoms with E-state index in [0.717, 1.165) is 11.1 Å². The van der Waals surface area contributed by atoms with Crippen LogP contribution >= 0.6 is 0 Å². The molecule has 2 N–H and O–H groups in total. The SMILES string of the molecule is OCC1OC1[C@H](OCc1ccccc1)[C@H](O)COCc1ccccc1. The zero-order valence-electron chi connectivity index (χ0n) is 14.0. The molecule has 5 heteroatoms. The van der Waals surface area contributed by atoms with Gasteiger partial charge in [-0.05, 0) is 11.1 Å². The van der Waals surface area contributed by atoms with Crippen molar-refractivity contribution < 1.29 is 24.4 Å². The maximum absolute atomic E-state index is 10.5. The van der Waals surface area contributed by atoms with E-state index in [1.165, 1.54) is 0 Å². The highest BCUT2D eigenvalue weighted by molar-refractivity contribution is 5.14. The predicted molar refractivity (Wildman–Crippen MR) is 92.9 cm³/mol. The Morgan fingerprint density at radius 2 is 1.52 bits per heavy atom. The molecule has 0 saturated carbocycles. The van der Waals surface area contributed by atoms with E-state index in [4.69, 9.17) is 14.2 Å². The molecule has 0 spiro atoms. The quantitative estimate of drug-likeness (QED) is 0.644. The summed E-state index contributed by atoms with van der Waals surface area (Å²) in [6.07, 6.45) is -1.93. The summed E-state index contributed by atoms with van der Waals surface area (Å²) < 4.78 is 16.9. The lowest BCUT2D eigenvalue weighted by molar-refractivity contribution is -0.0900. The molecule has 5 nitrogen and oxygen atoms in total. The van der Waals surface area contributed by atoms with Crippen molar-refractivity contribution in [2.45, 2.75) is 37.6 Å². The Labute approximate surface area is 147 Å². The first-order valence-corrected chi connectivity index (χ1v) is 8.49. The van der Waals surface area contributed by atoms with E-state index in [-0.39, 0.29) is 25.4 Å². The molecule has 1 aliphatic heterocycles. The third kappa shape index (κ3) is 5.36. The third-order valence-corrected chi connectivity index (χ3v) is 4.19. The lowest BCUT2D eigenvalue weighted by Gasteiger charge is -2.22. The van der Waals surface area contributed by atoms with Crippen molar-refractivity contribution in [1.82, 2.24) is 0 Å². The van der Waals surface area contributed by atoms with Crippen LogP contribution in [0.1, 0.15) is 11.1 Å². The topological polar surface area (TPSA) is 71.5 Å². The van der Waals surface area contributed by atoms with Crippen molar-refractivity contribution in [1.29, 1.82) is 0 Å². The van der Waals surface area contributed by atoms with E-state index >= 15 is 0 Å². The summed E-state index contributed by atoms with van der Waals surface area (Å²) in [6.45, 7) is 0.872. The number of aliphatic hydroxyl groups excluding tert-OH is 2. The lowest BCUT2D eigenvalue weighted by Crippen LogP contribution is -2.38. The fourth-order valence-electron chi connectivity index (χ4n) is 2.75. The molecule has 1 fully saturated rings. The molecular weight excluding hydrogens is 320 g/mol. The first kappa shape index (κ1) is 18.0. The van der Waals surface area contributed by atoms with Gasteiger partial charge in [0, 0.05) is 0 Å². The van der Waals surface area contributed by atoms with Gasteiger partial charge in [0.05, 0.1) is 26.4 Å². The number of benzene rings is 2. The van der Waals surface area contributed by atoms with Crippen LogP contribution in [0.25, 0.3) is 0 Å². The summed E-state index contributed by atoms with van der Waals surface area (Å²) in [4.78, 5) is 0. The van der Waals surface area contributed by atoms with Gasteiger partial charge in [0.15, 0.2) is 0 Å². The van der Waals surface area contributed by atoms with Crippen LogP contribution in [-0.2, 0) is 27.4 Å². The van der Waals surface area contributed by atoms with E-state index in [9.17, 15) is 10.2 Å². The summed E-state index contributed by atoms with van der Waals surface area (Å²) in [6, 6.07) is 19.6. The van der Waals surface area contributed by atoms with Gasteiger partial charge in [-0.1, -0.05) is 60.7 Å². The van der Waals surface area contributed by atoms with Gasteiger partial charge in [-0.25, -0.2) is 0 Å². The number of hydrogen-bond donors (Lipinski definition) is 2. The number of ether oxygens (including phenoxy) is 3. The van der Waals surface area contributed by atoms with E-state index in [1.54, 1.807) is 0 Å². The molecule has 0 radical (unpaired) electrons. The number of aliphatic hydroxyl groups is 2. The second kappa shape index (κ2) is 9.08. The van der Waals surface area contributed by atoms with Gasteiger partial charge in [-0.15, -0.1) is 0 Å². The highest BCUT2D eigenvalue weighted by Crippen LogP contribution is 2.29. The Bertz CT molecular complexity index is 618. The summed E-state index contributed by atoms with van der Waals surface area (Å²) >= 11 is 0. The van der Waals surface area contributed by atoms with E-state index in [0.29, 0.717) is 13.2 Å². The zero-order valence-corrected chi connectivity index (χ0v) is 14.0. The normalized spacial score (nSPS) is 21.7. The Morgan fingerprint density at radius 3 is 2.08 bits per heavy atom. The summed E-state index contributed by atoms with van der Waals surface area (Å²) in [5.41, 5.74) is 2.07. The van der Waals surface area contributed by atoms with E-state index in [1.807, 2.05) is 60.7 Å². The molecule has 1 heterocycles. The van der Waals surface area contributed by atoms with Crippen molar-refractivity contribution in [2.24, 2.45) is 0 Å². The molecule has 134 valence electrons. The summed E-state index contributed by atoms with van der Waals surface area (Å²) in [5, 5.41) is 19.7. The van der Waals surface area contributed by atoms with Crippen LogP contribution < -0.4 is 0 Å². The first-order chi connectivity index (χ1) is 12.3. The van der Waals surface area contributed by atoms with Gasteiger partial charge in [-0.2, -0.15) is 0 Å². The van der Waals surface area contributed by atoms with Crippen LogP contribution in [0.2, 0.25) is 0 Å². The van der Waals surface area contributed by atoms with Crippen LogP contribution in [0.4, 0.5) is 0 Å². The van der Waals surface area contributed by atoms with Crippen LogP contribution in [0, 0.1) is 0 Å². The molecule has 0 aliphatic carbocycles. The van der Waals surface area contributed by atoms with Gasteiger partial charge in [0.2, 0.25) is 0 Å². The van der Waals surface area contributed by atoms with Crippen molar-refractivity contribution in [3.8, 4) is 0 Å². The number of rotatable bonds is 10. The highest BCUT2D eigenvalue weighted by Gasteiger charge is 2.48. The molecule has 0 aromatic heterocycles. The second-order valence-corrected chi connectivity index (χ2v) is 6.15. The largest absolute Gasteiger partial charge is 0.394 e. The van der Waals surface area contributed by atoms with Crippen LogP contribution in [0.5, 0.6) is 0 Å². The standard InChI is InChI=1S/C20H24O5/c21-11-18-20(25-18)19(24-13-16-9-5-2-6-10-16)17(22)14-23-12-15-7-3-1-4-8-15/h1-10,17-22H,11-14H2/t17-,18?,19-,20?/m1/s1. The van der Waals surface area contributed by atoms with Crippen molar-refractivity contribution in [3.05, 3.63) is 71.8 Å². The maximum Gasteiger partial charge on any atom is 0.115 e. The van der Waals surface area contributed by atoms with Crippen molar-refractivity contribution in [3.63, 3.8) is 0 Å². The second-order valence-electron chi connectivity index (χ2n) is 6.15. The number of hydrogen-bond acceptors (Lipinski definition) is 5. The van der Waals surface area contributed by atoms with Gasteiger partial charge >= 0.3 is 0 Å². The smallest absolute Gasteiger partial charge is 0.115 e. The Balaban J connectivity index is 1.51. The van der Waals surface area contributed by atoms with Crippen molar-refractivity contribution >= 4 is 0 Å². The fraction of sp³-hybridized carbons (Fsp3) is 0.400. The summed E-state index contributed by atoms with van der Waals surface area (Å²) in [7, 11) is 0. The molecular formula is C20H24O5. The monoisotopic (exact) mass is 344 g/mol. The summed E-state index contributed by atoms with van der Waals surface area (Å²) in [5.74, 6) is 0. The minimum atomic E-state index is -0.825. The van der Waals surface area contributed by atoms with Gasteiger partial charge < -0.3 is 24.4 Å². The third-order valence-electron chi connectivity index (χ3n) is 4.19. The van der Waals surface area contributed by atoms with E-state index in [2.05, 4.69) is 0 Å². The molecule has 1 aliphatic rings. The molecule has 0 bridgehead atoms.